The summed E-state index contributed by atoms with van der Waals surface area (Å²) in [5, 5.41) is 0. The Balaban J connectivity index is 2.63. The van der Waals surface area contributed by atoms with Gasteiger partial charge in [0.25, 0.3) is 0 Å². The van der Waals surface area contributed by atoms with E-state index in [0.29, 0.717) is 6.42 Å². The molecule has 0 bridgehead atoms. The summed E-state index contributed by atoms with van der Waals surface area (Å²) in [5.41, 5.74) is 7.97. The number of hydrogen-bond acceptors (Lipinski definition) is 2. The first-order valence-electron chi connectivity index (χ1n) is 6.13. The number of benzene rings is 1. The van der Waals surface area contributed by atoms with Crippen molar-refractivity contribution >= 4 is 11.6 Å². The molecule has 94 valence electrons. The molecule has 1 rings (SSSR count). The van der Waals surface area contributed by atoms with E-state index in [-0.39, 0.29) is 11.9 Å². The van der Waals surface area contributed by atoms with Crippen molar-refractivity contribution in [3.8, 4) is 0 Å². The monoisotopic (exact) mass is 234 g/mol. The molecule has 3 nitrogen and oxygen atoms in total. The van der Waals surface area contributed by atoms with Crippen LogP contribution >= 0.6 is 0 Å². The summed E-state index contributed by atoms with van der Waals surface area (Å²) in [6.45, 7) is 4.10. The Hall–Kier alpha value is -1.35. The standard InChI is InChI=1S/C14H22N2O/c1-4-6-12(15)10-14(17)16(3)13-8-5-7-11(2)9-13/h5,7-9,12H,4,6,10,15H2,1-3H3. The minimum atomic E-state index is -0.0280. The topological polar surface area (TPSA) is 46.3 Å². The molecule has 0 saturated heterocycles. The fraction of sp³-hybridized carbons (Fsp3) is 0.500. The van der Waals surface area contributed by atoms with Crippen LogP contribution < -0.4 is 10.6 Å². The van der Waals surface area contributed by atoms with Gasteiger partial charge in [0.15, 0.2) is 0 Å². The minimum absolute atomic E-state index is 0.0280. The van der Waals surface area contributed by atoms with E-state index in [1.807, 2.05) is 31.2 Å². The lowest BCUT2D eigenvalue weighted by molar-refractivity contribution is -0.118. The van der Waals surface area contributed by atoms with Gasteiger partial charge in [0, 0.05) is 25.2 Å². The average molecular weight is 234 g/mol. The number of nitrogens with two attached hydrogens (primary N) is 1. The summed E-state index contributed by atoms with van der Waals surface area (Å²) in [5.74, 6) is 0.0801. The molecule has 1 unspecified atom stereocenters. The second-order valence-corrected chi connectivity index (χ2v) is 4.54. The van der Waals surface area contributed by atoms with Gasteiger partial charge in [-0.3, -0.25) is 4.79 Å². The maximum atomic E-state index is 12.0. The minimum Gasteiger partial charge on any atom is -0.327 e. The molecule has 0 saturated carbocycles. The molecule has 1 amide bonds. The zero-order valence-electron chi connectivity index (χ0n) is 10.9. The van der Waals surface area contributed by atoms with Gasteiger partial charge in [-0.05, 0) is 31.0 Å². The number of anilines is 1. The molecule has 0 aromatic heterocycles. The molecule has 3 heteroatoms. The van der Waals surface area contributed by atoms with E-state index in [1.165, 1.54) is 0 Å². The second kappa shape index (κ2) is 6.40. The zero-order valence-corrected chi connectivity index (χ0v) is 10.9. The molecule has 0 radical (unpaired) electrons. The fourth-order valence-corrected chi connectivity index (χ4v) is 1.81. The highest BCUT2D eigenvalue weighted by molar-refractivity contribution is 5.93. The Bertz CT molecular complexity index is 376. The van der Waals surface area contributed by atoms with Gasteiger partial charge in [-0.25, -0.2) is 0 Å². The number of amides is 1. The molecule has 0 aliphatic carbocycles. The number of carbonyl (C=O) groups is 1. The number of aryl methyl sites for hydroxylation is 1. The first-order valence-corrected chi connectivity index (χ1v) is 6.13. The zero-order chi connectivity index (χ0) is 12.8. The van der Waals surface area contributed by atoms with Gasteiger partial charge < -0.3 is 10.6 Å². The SMILES string of the molecule is CCCC(N)CC(=O)N(C)c1cccc(C)c1. The second-order valence-electron chi connectivity index (χ2n) is 4.54. The molecule has 0 fully saturated rings. The predicted octanol–water partition coefficient (Wildman–Crippen LogP) is 2.48. The van der Waals surface area contributed by atoms with Crippen LogP contribution in [0.1, 0.15) is 31.7 Å². The fourth-order valence-electron chi connectivity index (χ4n) is 1.81. The molecule has 1 aromatic carbocycles. The lowest BCUT2D eigenvalue weighted by atomic mass is 10.1. The van der Waals surface area contributed by atoms with Crippen LogP contribution in [-0.4, -0.2) is 19.0 Å². The molecule has 17 heavy (non-hydrogen) atoms. The van der Waals surface area contributed by atoms with Gasteiger partial charge in [-0.2, -0.15) is 0 Å². The van der Waals surface area contributed by atoms with Crippen LogP contribution in [0.3, 0.4) is 0 Å². The third kappa shape index (κ3) is 4.19. The largest absolute Gasteiger partial charge is 0.327 e. The van der Waals surface area contributed by atoms with Crippen LogP contribution in [0.15, 0.2) is 24.3 Å². The summed E-state index contributed by atoms with van der Waals surface area (Å²) < 4.78 is 0. The van der Waals surface area contributed by atoms with Crippen molar-refractivity contribution in [3.63, 3.8) is 0 Å². The highest BCUT2D eigenvalue weighted by atomic mass is 16.2. The van der Waals surface area contributed by atoms with Crippen molar-refractivity contribution in [1.29, 1.82) is 0 Å². The summed E-state index contributed by atoms with van der Waals surface area (Å²) in [7, 11) is 1.80. The number of hydrogen-bond donors (Lipinski definition) is 1. The van der Waals surface area contributed by atoms with Gasteiger partial charge >= 0.3 is 0 Å². The molecule has 0 aliphatic heterocycles. The van der Waals surface area contributed by atoms with Crippen molar-refractivity contribution in [2.24, 2.45) is 5.73 Å². The van der Waals surface area contributed by atoms with E-state index in [4.69, 9.17) is 5.73 Å². The van der Waals surface area contributed by atoms with Gasteiger partial charge in [0.2, 0.25) is 5.91 Å². The van der Waals surface area contributed by atoms with Crippen molar-refractivity contribution in [1.82, 2.24) is 0 Å². The smallest absolute Gasteiger partial charge is 0.228 e. The Morgan fingerprint density at radius 1 is 1.47 bits per heavy atom. The van der Waals surface area contributed by atoms with Crippen LogP contribution in [-0.2, 0) is 4.79 Å². The predicted molar refractivity (Wildman–Crippen MR) is 72.1 cm³/mol. The van der Waals surface area contributed by atoms with E-state index in [2.05, 4.69) is 6.92 Å². The molecule has 0 heterocycles. The lowest BCUT2D eigenvalue weighted by Crippen LogP contribution is -2.33. The van der Waals surface area contributed by atoms with E-state index in [1.54, 1.807) is 11.9 Å². The summed E-state index contributed by atoms with van der Waals surface area (Å²) >= 11 is 0. The molecule has 2 N–H and O–H groups in total. The van der Waals surface area contributed by atoms with Crippen LogP contribution in [0.2, 0.25) is 0 Å². The highest BCUT2D eigenvalue weighted by Gasteiger charge is 2.14. The Labute approximate surface area is 104 Å². The van der Waals surface area contributed by atoms with Gasteiger partial charge in [-0.15, -0.1) is 0 Å². The van der Waals surface area contributed by atoms with Crippen molar-refractivity contribution < 1.29 is 4.79 Å². The number of rotatable bonds is 5. The maximum absolute atomic E-state index is 12.0. The number of carbonyl (C=O) groups excluding carboxylic acids is 1. The Kier molecular flexibility index (Phi) is 5.16. The van der Waals surface area contributed by atoms with Crippen molar-refractivity contribution in [2.45, 2.75) is 39.2 Å². The Morgan fingerprint density at radius 3 is 2.76 bits per heavy atom. The van der Waals surface area contributed by atoms with Gasteiger partial charge in [-0.1, -0.05) is 25.5 Å². The third-order valence-electron chi connectivity index (χ3n) is 2.86. The van der Waals surface area contributed by atoms with Crippen LogP contribution in [0.25, 0.3) is 0 Å². The molecular formula is C14H22N2O. The quantitative estimate of drug-likeness (QED) is 0.850. The molecule has 1 atom stereocenters. The Morgan fingerprint density at radius 2 is 2.18 bits per heavy atom. The lowest BCUT2D eigenvalue weighted by Gasteiger charge is -2.20. The van der Waals surface area contributed by atoms with Gasteiger partial charge in [0.05, 0.1) is 0 Å². The summed E-state index contributed by atoms with van der Waals surface area (Å²) in [4.78, 5) is 13.7. The van der Waals surface area contributed by atoms with Gasteiger partial charge in [0.1, 0.15) is 0 Å². The summed E-state index contributed by atoms with van der Waals surface area (Å²) in [6.07, 6.45) is 2.33. The van der Waals surface area contributed by atoms with E-state index >= 15 is 0 Å². The normalized spacial score (nSPS) is 12.2. The number of nitrogens with zero attached hydrogens (tertiary/aromatic N) is 1. The molecule has 0 spiro atoms. The summed E-state index contributed by atoms with van der Waals surface area (Å²) in [6, 6.07) is 7.89. The van der Waals surface area contributed by atoms with E-state index in [0.717, 1.165) is 24.1 Å². The average Bonchev–Trinajstić information content (AvgIpc) is 2.28. The highest BCUT2D eigenvalue weighted by Crippen LogP contribution is 2.15. The van der Waals surface area contributed by atoms with E-state index < -0.39 is 0 Å². The van der Waals surface area contributed by atoms with Crippen molar-refractivity contribution in [3.05, 3.63) is 29.8 Å². The van der Waals surface area contributed by atoms with Crippen LogP contribution in [0.5, 0.6) is 0 Å². The molecule has 1 aromatic rings. The van der Waals surface area contributed by atoms with E-state index in [9.17, 15) is 4.79 Å². The van der Waals surface area contributed by atoms with Crippen LogP contribution in [0, 0.1) is 6.92 Å². The molecule has 0 aliphatic rings. The van der Waals surface area contributed by atoms with Crippen LogP contribution in [0.4, 0.5) is 5.69 Å². The third-order valence-corrected chi connectivity index (χ3v) is 2.86. The first kappa shape index (κ1) is 13.7. The molecular weight excluding hydrogens is 212 g/mol. The first-order chi connectivity index (χ1) is 8.04. The van der Waals surface area contributed by atoms with Crippen molar-refractivity contribution in [2.75, 3.05) is 11.9 Å². The maximum Gasteiger partial charge on any atom is 0.228 e.